The number of hydrogen-bond acceptors (Lipinski definition) is 5. The average Bonchev–Trinajstić information content (AvgIpc) is 3.19. The van der Waals surface area contributed by atoms with E-state index in [1.54, 1.807) is 7.11 Å². The number of rotatable bonds is 11. The summed E-state index contributed by atoms with van der Waals surface area (Å²) in [7, 11) is 1.06. The Morgan fingerprint density at radius 1 is 1.14 bits per heavy atom. The Bertz CT molecular complexity index is 926. The summed E-state index contributed by atoms with van der Waals surface area (Å²) in [5.41, 5.74) is 0.910. The van der Waals surface area contributed by atoms with Gasteiger partial charge in [0.25, 0.3) is 0 Å². The standard InChI is InChI=1S/C28H43BN2O5/c1-18(2)14-24(29-35-23-17-20-16-22(27(20,3)4)28(23,5)36-29)31-26(33)21(30-25(32)12-13-34-6)15-19-10-8-7-9-11-19/h7-11,18,20-24H,12-17H2,1-6H3,(H,30,32)(H,31,33)/t20-,21-,22-,23+,24-,28-/m0/s1. The highest BCUT2D eigenvalue weighted by Crippen LogP contribution is 2.65. The molecule has 2 bridgehead atoms. The van der Waals surface area contributed by atoms with Gasteiger partial charge in [0, 0.05) is 20.0 Å². The van der Waals surface area contributed by atoms with E-state index in [1.807, 2.05) is 30.3 Å². The molecule has 6 atom stereocenters. The summed E-state index contributed by atoms with van der Waals surface area (Å²) in [5, 5.41) is 6.13. The lowest BCUT2D eigenvalue weighted by atomic mass is 9.43. The molecule has 0 unspecified atom stereocenters. The van der Waals surface area contributed by atoms with Gasteiger partial charge in [-0.1, -0.05) is 58.0 Å². The highest BCUT2D eigenvalue weighted by molar-refractivity contribution is 6.48. The van der Waals surface area contributed by atoms with Gasteiger partial charge in [-0.05, 0) is 54.9 Å². The highest BCUT2D eigenvalue weighted by Gasteiger charge is 2.68. The fourth-order valence-corrected chi connectivity index (χ4v) is 6.62. The fraction of sp³-hybridized carbons (Fsp3) is 0.714. The summed E-state index contributed by atoms with van der Waals surface area (Å²) in [4.78, 5) is 26.1. The van der Waals surface area contributed by atoms with Crippen LogP contribution in [0.2, 0.25) is 0 Å². The lowest BCUT2D eigenvalue weighted by molar-refractivity contribution is -0.199. The fourth-order valence-electron chi connectivity index (χ4n) is 6.62. The van der Waals surface area contributed by atoms with Gasteiger partial charge in [0.2, 0.25) is 11.8 Å². The van der Waals surface area contributed by atoms with Gasteiger partial charge in [0.05, 0.1) is 24.3 Å². The molecule has 1 aromatic rings. The molecule has 5 rings (SSSR count). The van der Waals surface area contributed by atoms with Crippen LogP contribution in [0.3, 0.4) is 0 Å². The molecule has 4 aliphatic rings. The van der Waals surface area contributed by atoms with Crippen LogP contribution in [0.15, 0.2) is 30.3 Å². The van der Waals surface area contributed by atoms with Crippen LogP contribution < -0.4 is 10.6 Å². The second-order valence-electron chi connectivity index (χ2n) is 12.1. The number of methoxy groups -OCH3 is 1. The molecular formula is C28H43BN2O5. The molecule has 7 nitrogen and oxygen atoms in total. The van der Waals surface area contributed by atoms with Gasteiger partial charge < -0.3 is 24.7 Å². The van der Waals surface area contributed by atoms with Gasteiger partial charge in [0.15, 0.2) is 0 Å². The van der Waals surface area contributed by atoms with Crippen LogP contribution in [0.1, 0.15) is 65.9 Å². The summed E-state index contributed by atoms with van der Waals surface area (Å²) < 4.78 is 18.2. The van der Waals surface area contributed by atoms with Crippen molar-refractivity contribution >= 4 is 18.9 Å². The van der Waals surface area contributed by atoms with E-state index in [0.717, 1.165) is 18.4 Å². The monoisotopic (exact) mass is 498 g/mol. The zero-order chi connectivity index (χ0) is 26.1. The minimum Gasteiger partial charge on any atom is -0.404 e. The lowest BCUT2D eigenvalue weighted by Gasteiger charge is -2.64. The predicted octanol–water partition coefficient (Wildman–Crippen LogP) is 3.55. The maximum absolute atomic E-state index is 13.6. The molecule has 1 saturated heterocycles. The number of nitrogens with one attached hydrogen (secondary N) is 2. The smallest absolute Gasteiger partial charge is 0.404 e. The first-order chi connectivity index (χ1) is 17.0. The largest absolute Gasteiger partial charge is 0.481 e. The van der Waals surface area contributed by atoms with E-state index in [-0.39, 0.29) is 41.3 Å². The number of hydrogen-bond donors (Lipinski definition) is 2. The van der Waals surface area contributed by atoms with Crippen molar-refractivity contribution in [2.24, 2.45) is 23.2 Å². The molecule has 0 radical (unpaired) electrons. The summed E-state index contributed by atoms with van der Waals surface area (Å²) in [5.74, 6) is 0.745. The van der Waals surface area contributed by atoms with Crippen LogP contribution in [0, 0.1) is 23.2 Å². The van der Waals surface area contributed by atoms with Crippen LogP contribution in [0.4, 0.5) is 0 Å². The van der Waals surface area contributed by atoms with E-state index in [4.69, 9.17) is 14.0 Å². The van der Waals surface area contributed by atoms with Gasteiger partial charge in [-0.3, -0.25) is 9.59 Å². The molecule has 4 fully saturated rings. The normalized spacial score (nSPS) is 29.8. The van der Waals surface area contributed by atoms with Crippen LogP contribution in [-0.2, 0) is 30.1 Å². The topological polar surface area (TPSA) is 85.9 Å². The van der Waals surface area contributed by atoms with Gasteiger partial charge in [-0.2, -0.15) is 0 Å². The summed E-state index contributed by atoms with van der Waals surface area (Å²) in [6.45, 7) is 11.5. The Balaban J connectivity index is 1.48. The first-order valence-electron chi connectivity index (χ1n) is 13.5. The van der Waals surface area contributed by atoms with Gasteiger partial charge in [-0.25, -0.2) is 0 Å². The van der Waals surface area contributed by atoms with Crippen molar-refractivity contribution in [3.05, 3.63) is 35.9 Å². The third-order valence-corrected chi connectivity index (χ3v) is 8.82. The van der Waals surface area contributed by atoms with Crippen molar-refractivity contribution in [1.29, 1.82) is 0 Å². The maximum Gasteiger partial charge on any atom is 0.481 e. The van der Waals surface area contributed by atoms with Crippen LogP contribution in [0.5, 0.6) is 0 Å². The van der Waals surface area contributed by atoms with Crippen LogP contribution in [0.25, 0.3) is 0 Å². The minimum atomic E-state index is -0.697. The molecule has 2 N–H and O–H groups in total. The number of carbonyl (C=O) groups is 2. The zero-order valence-electron chi connectivity index (χ0n) is 22.7. The molecule has 1 aromatic carbocycles. The summed E-state index contributed by atoms with van der Waals surface area (Å²) in [6, 6.07) is 9.06. The van der Waals surface area contributed by atoms with Crippen molar-refractivity contribution in [3.63, 3.8) is 0 Å². The van der Waals surface area contributed by atoms with Crippen molar-refractivity contribution < 1.29 is 23.6 Å². The Hall–Kier alpha value is -1.90. The van der Waals surface area contributed by atoms with E-state index in [2.05, 4.69) is 45.3 Å². The highest BCUT2D eigenvalue weighted by atomic mass is 16.7. The van der Waals surface area contributed by atoms with Crippen molar-refractivity contribution in [2.75, 3.05) is 13.7 Å². The number of amides is 2. The van der Waals surface area contributed by atoms with E-state index in [9.17, 15) is 9.59 Å². The first kappa shape index (κ1) is 27.1. The zero-order valence-corrected chi connectivity index (χ0v) is 22.7. The second kappa shape index (κ2) is 10.8. The van der Waals surface area contributed by atoms with E-state index >= 15 is 0 Å². The van der Waals surface area contributed by atoms with Crippen LogP contribution in [-0.4, -0.2) is 56.3 Å². The molecule has 198 valence electrons. The molecule has 8 heteroatoms. The minimum absolute atomic E-state index is 0.0553. The van der Waals surface area contributed by atoms with Crippen molar-refractivity contribution in [2.45, 2.75) is 90.4 Å². The molecule has 36 heavy (non-hydrogen) atoms. The maximum atomic E-state index is 13.6. The Kier molecular flexibility index (Phi) is 8.17. The summed E-state index contributed by atoms with van der Waals surface area (Å²) in [6.07, 6.45) is 3.59. The molecular weight excluding hydrogens is 455 g/mol. The van der Waals surface area contributed by atoms with Gasteiger partial charge in [0.1, 0.15) is 6.04 Å². The molecule has 3 saturated carbocycles. The molecule has 0 aromatic heterocycles. The second-order valence-corrected chi connectivity index (χ2v) is 12.1. The predicted molar refractivity (Wildman–Crippen MR) is 140 cm³/mol. The van der Waals surface area contributed by atoms with E-state index < -0.39 is 13.2 Å². The van der Waals surface area contributed by atoms with Crippen LogP contribution >= 0.6 is 0 Å². The Morgan fingerprint density at radius 3 is 2.50 bits per heavy atom. The van der Waals surface area contributed by atoms with E-state index in [1.165, 1.54) is 6.42 Å². The summed E-state index contributed by atoms with van der Waals surface area (Å²) >= 11 is 0. The SMILES string of the molecule is COCCC(=O)N[C@@H](Cc1ccccc1)C(=O)N[C@@H](CC(C)C)B1O[C@@H]2C[C@@H]3C[C@@H](C3(C)C)[C@]2(C)O1. The van der Waals surface area contributed by atoms with Gasteiger partial charge in [-0.15, -0.1) is 0 Å². The number of ether oxygens (including phenoxy) is 1. The van der Waals surface area contributed by atoms with Gasteiger partial charge >= 0.3 is 7.12 Å². The Morgan fingerprint density at radius 2 is 1.86 bits per heavy atom. The first-order valence-corrected chi connectivity index (χ1v) is 13.5. The van der Waals surface area contributed by atoms with Crippen molar-refractivity contribution in [3.8, 4) is 0 Å². The number of benzene rings is 1. The quantitative estimate of drug-likeness (QED) is 0.456. The molecule has 2 amide bonds. The van der Waals surface area contributed by atoms with E-state index in [0.29, 0.717) is 30.8 Å². The molecule has 0 spiro atoms. The number of carbonyl (C=O) groups excluding carboxylic acids is 2. The molecule has 1 aliphatic heterocycles. The lowest BCUT2D eigenvalue weighted by Crippen LogP contribution is -2.65. The van der Waals surface area contributed by atoms with Crippen molar-refractivity contribution in [1.82, 2.24) is 10.6 Å². The Labute approximate surface area is 216 Å². The molecule has 3 aliphatic carbocycles. The average molecular weight is 498 g/mol. The molecule has 1 heterocycles. The third kappa shape index (κ3) is 5.51. The third-order valence-electron chi connectivity index (χ3n) is 8.82.